The summed E-state index contributed by atoms with van der Waals surface area (Å²) in [6, 6.07) is 15.8. The smallest absolute Gasteiger partial charge is 0.341 e. The first-order chi connectivity index (χ1) is 13.0. The molecule has 0 aliphatic heterocycles. The summed E-state index contributed by atoms with van der Waals surface area (Å²) in [6.45, 7) is 0. The van der Waals surface area contributed by atoms with E-state index < -0.39 is 11.4 Å². The zero-order valence-electron chi connectivity index (χ0n) is 13.9. The molecule has 2 aromatic carbocycles. The lowest BCUT2D eigenvalue weighted by Gasteiger charge is -1.98. The number of para-hydroxylation sites is 2. The third-order valence-corrected chi connectivity index (χ3v) is 3.93. The van der Waals surface area contributed by atoms with Crippen molar-refractivity contribution in [3.05, 3.63) is 92.5 Å². The molecular formula is C20H13N3O4. The Kier molecular flexibility index (Phi) is 4.82. The summed E-state index contributed by atoms with van der Waals surface area (Å²) >= 11 is 0. The number of aromatic amines is 2. The van der Waals surface area contributed by atoms with E-state index in [1.807, 2.05) is 12.1 Å². The van der Waals surface area contributed by atoms with Crippen molar-refractivity contribution >= 4 is 27.8 Å². The van der Waals surface area contributed by atoms with Gasteiger partial charge in [-0.25, -0.2) is 4.79 Å². The summed E-state index contributed by atoms with van der Waals surface area (Å²) in [5.41, 5.74) is 0.653. The number of hydrogen-bond donors (Lipinski definition) is 3. The van der Waals surface area contributed by atoms with E-state index in [0.717, 1.165) is 5.52 Å². The highest BCUT2D eigenvalue weighted by atomic mass is 16.4. The minimum Gasteiger partial charge on any atom is -0.477 e. The molecule has 7 heteroatoms. The number of H-pyrrole nitrogens is 2. The number of carbonyl (C=O) groups is 1. The van der Waals surface area contributed by atoms with Crippen molar-refractivity contribution in [3.63, 3.8) is 0 Å². The summed E-state index contributed by atoms with van der Waals surface area (Å²) in [7, 11) is 0. The van der Waals surface area contributed by atoms with Crippen LogP contribution in [-0.2, 0) is 0 Å². The Balaban J connectivity index is 0.000000156. The Morgan fingerprint density at radius 3 is 1.93 bits per heavy atom. The fourth-order valence-electron chi connectivity index (χ4n) is 2.58. The maximum atomic E-state index is 11.6. The molecular weight excluding hydrogens is 346 g/mol. The number of rotatable bonds is 1. The van der Waals surface area contributed by atoms with Gasteiger partial charge in [-0.05, 0) is 24.3 Å². The van der Waals surface area contributed by atoms with Crippen LogP contribution >= 0.6 is 0 Å². The Hall–Kier alpha value is -4.18. The van der Waals surface area contributed by atoms with Gasteiger partial charge in [0.15, 0.2) is 0 Å². The van der Waals surface area contributed by atoms with Gasteiger partial charge >= 0.3 is 5.97 Å². The number of nitrogens with one attached hydrogen (secondary N) is 2. The largest absolute Gasteiger partial charge is 0.477 e. The minimum absolute atomic E-state index is 0.152. The highest BCUT2D eigenvalue weighted by Gasteiger charge is 2.10. The van der Waals surface area contributed by atoms with E-state index in [9.17, 15) is 14.4 Å². The lowest BCUT2D eigenvalue weighted by molar-refractivity contribution is 0.0695. The number of aromatic carboxylic acids is 1. The standard InChI is InChI=1S/C10H6N2O.C10H7NO3/c11-5-7-6-12-9-4-2-1-3-8(9)10(7)13;12-9-6-3-1-2-4-8(6)11-5-7(9)10(13)14/h1-4,6H,(H,12,13);1-5H,(H,11,12)(H,13,14). The number of hydrogen-bond acceptors (Lipinski definition) is 4. The van der Waals surface area contributed by atoms with Gasteiger partial charge in [0.1, 0.15) is 17.2 Å². The molecule has 27 heavy (non-hydrogen) atoms. The fraction of sp³-hybridized carbons (Fsp3) is 0. The number of aromatic nitrogens is 2. The van der Waals surface area contributed by atoms with Gasteiger partial charge in [0, 0.05) is 34.2 Å². The molecule has 3 N–H and O–H groups in total. The van der Waals surface area contributed by atoms with Crippen LogP contribution in [0.5, 0.6) is 0 Å². The Bertz CT molecular complexity index is 1310. The van der Waals surface area contributed by atoms with Crippen LogP contribution in [0.1, 0.15) is 15.9 Å². The lowest BCUT2D eigenvalue weighted by Crippen LogP contribution is -2.14. The maximum Gasteiger partial charge on any atom is 0.341 e. The molecule has 0 spiro atoms. The first-order valence-electron chi connectivity index (χ1n) is 7.87. The first-order valence-corrected chi connectivity index (χ1v) is 7.87. The molecule has 132 valence electrons. The van der Waals surface area contributed by atoms with Crippen molar-refractivity contribution in [1.82, 2.24) is 9.97 Å². The Morgan fingerprint density at radius 1 is 0.852 bits per heavy atom. The Morgan fingerprint density at radius 2 is 1.37 bits per heavy atom. The second-order valence-corrected chi connectivity index (χ2v) is 5.57. The van der Waals surface area contributed by atoms with Gasteiger partial charge in [-0.15, -0.1) is 0 Å². The van der Waals surface area contributed by atoms with Crippen molar-refractivity contribution in [3.8, 4) is 6.07 Å². The van der Waals surface area contributed by atoms with E-state index in [4.69, 9.17) is 10.4 Å². The number of nitriles is 1. The van der Waals surface area contributed by atoms with Crippen LogP contribution in [0.4, 0.5) is 0 Å². The average molecular weight is 359 g/mol. The zero-order valence-corrected chi connectivity index (χ0v) is 13.9. The molecule has 0 fully saturated rings. The highest BCUT2D eigenvalue weighted by Crippen LogP contribution is 2.07. The van der Waals surface area contributed by atoms with E-state index in [1.165, 1.54) is 12.4 Å². The van der Waals surface area contributed by atoms with E-state index >= 15 is 0 Å². The van der Waals surface area contributed by atoms with Gasteiger partial charge in [-0.1, -0.05) is 24.3 Å². The van der Waals surface area contributed by atoms with Crippen LogP contribution in [0, 0.1) is 11.3 Å². The van der Waals surface area contributed by atoms with Gasteiger partial charge in [-0.3, -0.25) is 9.59 Å². The van der Waals surface area contributed by atoms with E-state index in [1.54, 1.807) is 42.5 Å². The lowest BCUT2D eigenvalue weighted by atomic mass is 10.1. The van der Waals surface area contributed by atoms with Crippen molar-refractivity contribution < 1.29 is 9.90 Å². The Labute approximate surface area is 152 Å². The van der Waals surface area contributed by atoms with Crippen LogP contribution in [-0.4, -0.2) is 21.0 Å². The molecule has 0 amide bonds. The second-order valence-electron chi connectivity index (χ2n) is 5.57. The minimum atomic E-state index is -1.21. The number of benzene rings is 2. The molecule has 0 radical (unpaired) electrons. The number of nitrogens with zero attached hydrogens (tertiary/aromatic N) is 1. The normalized spacial score (nSPS) is 10.0. The molecule has 4 aromatic rings. The molecule has 2 heterocycles. The molecule has 0 unspecified atom stereocenters. The second kappa shape index (κ2) is 7.37. The molecule has 0 aliphatic rings. The van der Waals surface area contributed by atoms with Crippen molar-refractivity contribution in [1.29, 1.82) is 5.26 Å². The quantitative estimate of drug-likeness (QED) is 0.481. The molecule has 7 nitrogen and oxygen atoms in total. The third kappa shape index (κ3) is 3.45. The number of pyridine rings is 2. The van der Waals surface area contributed by atoms with E-state index in [-0.39, 0.29) is 16.6 Å². The topological polar surface area (TPSA) is 127 Å². The van der Waals surface area contributed by atoms with Gasteiger partial charge in [0.25, 0.3) is 0 Å². The van der Waals surface area contributed by atoms with Gasteiger partial charge < -0.3 is 15.1 Å². The van der Waals surface area contributed by atoms with Gasteiger partial charge in [0.2, 0.25) is 10.9 Å². The van der Waals surface area contributed by atoms with Crippen LogP contribution in [0.2, 0.25) is 0 Å². The summed E-state index contributed by atoms with van der Waals surface area (Å²) in [5.74, 6) is -1.21. The summed E-state index contributed by atoms with van der Waals surface area (Å²) in [5, 5.41) is 18.3. The monoisotopic (exact) mass is 359 g/mol. The van der Waals surface area contributed by atoms with Crippen molar-refractivity contribution in [2.45, 2.75) is 0 Å². The summed E-state index contributed by atoms with van der Waals surface area (Å²) in [6.07, 6.45) is 2.65. The highest BCUT2D eigenvalue weighted by molar-refractivity contribution is 5.92. The van der Waals surface area contributed by atoms with Crippen LogP contribution in [0.15, 0.2) is 70.5 Å². The zero-order chi connectivity index (χ0) is 19.4. The predicted octanol–water partition coefficient (Wildman–Crippen LogP) is 2.63. The number of fused-ring (bicyclic) bond motifs is 2. The molecule has 0 bridgehead atoms. The molecule has 0 atom stereocenters. The molecule has 2 aromatic heterocycles. The van der Waals surface area contributed by atoms with E-state index in [2.05, 4.69) is 9.97 Å². The van der Waals surface area contributed by atoms with Crippen molar-refractivity contribution in [2.75, 3.05) is 0 Å². The predicted molar refractivity (Wildman–Crippen MR) is 101 cm³/mol. The van der Waals surface area contributed by atoms with Gasteiger partial charge in [-0.2, -0.15) is 5.26 Å². The summed E-state index contributed by atoms with van der Waals surface area (Å²) < 4.78 is 0. The number of carboxylic acids is 1. The van der Waals surface area contributed by atoms with Gasteiger partial charge in [0.05, 0.1) is 0 Å². The third-order valence-electron chi connectivity index (χ3n) is 3.93. The first kappa shape index (κ1) is 17.6. The SMILES string of the molecule is N#Cc1c[nH]c2ccccc2c1=O.O=C(O)c1c[nH]c2ccccc2c1=O. The summed E-state index contributed by atoms with van der Waals surface area (Å²) in [4.78, 5) is 39.4. The van der Waals surface area contributed by atoms with Crippen molar-refractivity contribution in [2.24, 2.45) is 0 Å². The number of carboxylic acid groups (broad SMARTS) is 1. The van der Waals surface area contributed by atoms with Crippen LogP contribution in [0.25, 0.3) is 21.8 Å². The van der Waals surface area contributed by atoms with Crippen LogP contribution < -0.4 is 10.9 Å². The average Bonchev–Trinajstić information content (AvgIpc) is 2.69. The van der Waals surface area contributed by atoms with E-state index in [0.29, 0.717) is 16.3 Å². The fourth-order valence-corrected chi connectivity index (χ4v) is 2.58. The molecule has 0 aliphatic carbocycles. The molecule has 0 saturated heterocycles. The molecule has 4 rings (SSSR count). The van der Waals surface area contributed by atoms with Crippen LogP contribution in [0.3, 0.4) is 0 Å². The molecule has 0 saturated carbocycles. The maximum absolute atomic E-state index is 11.6.